The smallest absolute Gasteiger partial charge is 0.147 e. The zero-order chi connectivity index (χ0) is 14.6. The third-order valence-corrected chi connectivity index (χ3v) is 6.28. The highest BCUT2D eigenvalue weighted by atomic mass is 32.2. The number of rotatable bonds is 9. The summed E-state index contributed by atoms with van der Waals surface area (Å²) < 4.78 is 27.8. The second-order valence-electron chi connectivity index (χ2n) is 6.85. The molecule has 2 saturated carbocycles. The minimum absolute atomic E-state index is 0.338. The predicted molar refractivity (Wildman–Crippen MR) is 81.6 cm³/mol. The number of sulfone groups is 1. The second kappa shape index (κ2) is 6.75. The van der Waals surface area contributed by atoms with E-state index in [1.54, 1.807) is 7.11 Å². The van der Waals surface area contributed by atoms with Crippen molar-refractivity contribution < 1.29 is 13.2 Å². The first-order valence-corrected chi connectivity index (χ1v) is 9.89. The van der Waals surface area contributed by atoms with E-state index in [1.165, 1.54) is 31.9 Å². The Balaban J connectivity index is 1.88. The van der Waals surface area contributed by atoms with E-state index in [0.29, 0.717) is 11.2 Å². The summed E-state index contributed by atoms with van der Waals surface area (Å²) >= 11 is 0. The van der Waals surface area contributed by atoms with E-state index >= 15 is 0 Å². The minimum Gasteiger partial charge on any atom is -0.383 e. The van der Waals surface area contributed by atoms with E-state index in [-0.39, 0.29) is 0 Å². The van der Waals surface area contributed by atoms with Crippen molar-refractivity contribution in [1.82, 2.24) is 5.32 Å². The Hall–Kier alpha value is -0.130. The monoisotopic (exact) mass is 303 g/mol. The third kappa shape index (κ3) is 4.18. The van der Waals surface area contributed by atoms with Crippen molar-refractivity contribution in [2.24, 2.45) is 17.3 Å². The van der Waals surface area contributed by atoms with Gasteiger partial charge in [-0.05, 0) is 49.4 Å². The summed E-state index contributed by atoms with van der Waals surface area (Å²) in [5, 5.41) is 3.53. The molecule has 0 aliphatic heterocycles. The van der Waals surface area contributed by atoms with E-state index in [1.807, 2.05) is 0 Å². The van der Waals surface area contributed by atoms with Gasteiger partial charge in [0.1, 0.15) is 9.84 Å². The topological polar surface area (TPSA) is 55.4 Å². The van der Waals surface area contributed by atoms with Gasteiger partial charge in [0, 0.05) is 32.2 Å². The van der Waals surface area contributed by atoms with Gasteiger partial charge in [0.05, 0.1) is 6.61 Å². The standard InChI is InChI=1S/C15H29NO3S/c1-19-8-7-16-12-15(6-3-9-20(2,17)18)11-13-4-5-14(15)10-13/h13-14,16H,3-12H2,1-2H3. The van der Waals surface area contributed by atoms with Crippen LogP contribution >= 0.6 is 0 Å². The summed E-state index contributed by atoms with van der Waals surface area (Å²) in [6.07, 6.45) is 8.60. The molecule has 1 N–H and O–H groups in total. The molecule has 4 nitrogen and oxygen atoms in total. The lowest BCUT2D eigenvalue weighted by atomic mass is 9.70. The van der Waals surface area contributed by atoms with Crippen LogP contribution in [0.4, 0.5) is 0 Å². The van der Waals surface area contributed by atoms with Gasteiger partial charge in [0.2, 0.25) is 0 Å². The molecule has 2 rings (SSSR count). The normalized spacial score (nSPS) is 32.9. The molecule has 0 spiro atoms. The molecule has 3 atom stereocenters. The fraction of sp³-hybridized carbons (Fsp3) is 1.00. The lowest BCUT2D eigenvalue weighted by Crippen LogP contribution is -2.40. The van der Waals surface area contributed by atoms with Gasteiger partial charge in [-0.15, -0.1) is 0 Å². The van der Waals surface area contributed by atoms with Crippen LogP contribution in [0.2, 0.25) is 0 Å². The van der Waals surface area contributed by atoms with E-state index in [2.05, 4.69) is 5.32 Å². The molecule has 20 heavy (non-hydrogen) atoms. The van der Waals surface area contributed by atoms with Crippen LogP contribution in [0.1, 0.15) is 38.5 Å². The van der Waals surface area contributed by atoms with Crippen LogP contribution < -0.4 is 5.32 Å². The number of ether oxygens (including phenoxy) is 1. The van der Waals surface area contributed by atoms with E-state index in [4.69, 9.17) is 4.74 Å². The summed E-state index contributed by atoms with van der Waals surface area (Å²) in [4.78, 5) is 0. The second-order valence-corrected chi connectivity index (χ2v) is 9.11. The average molecular weight is 303 g/mol. The highest BCUT2D eigenvalue weighted by molar-refractivity contribution is 7.90. The molecule has 2 bridgehead atoms. The molecule has 0 radical (unpaired) electrons. The van der Waals surface area contributed by atoms with Crippen LogP contribution in [0.5, 0.6) is 0 Å². The van der Waals surface area contributed by atoms with Gasteiger partial charge in [-0.2, -0.15) is 0 Å². The number of fused-ring (bicyclic) bond motifs is 2. The molecule has 5 heteroatoms. The minimum atomic E-state index is -2.83. The maximum atomic E-state index is 11.3. The van der Waals surface area contributed by atoms with Gasteiger partial charge < -0.3 is 10.1 Å². The number of hydrogen-bond donors (Lipinski definition) is 1. The van der Waals surface area contributed by atoms with Crippen LogP contribution in [-0.2, 0) is 14.6 Å². The van der Waals surface area contributed by atoms with Crippen molar-refractivity contribution in [3.05, 3.63) is 0 Å². The van der Waals surface area contributed by atoms with Crippen molar-refractivity contribution in [2.75, 3.05) is 38.8 Å². The maximum absolute atomic E-state index is 11.3. The van der Waals surface area contributed by atoms with E-state index in [9.17, 15) is 8.42 Å². The zero-order valence-corrected chi connectivity index (χ0v) is 13.7. The van der Waals surface area contributed by atoms with Crippen LogP contribution in [0, 0.1) is 17.3 Å². The van der Waals surface area contributed by atoms with Gasteiger partial charge in [-0.1, -0.05) is 6.42 Å². The van der Waals surface area contributed by atoms with Gasteiger partial charge in [0.15, 0.2) is 0 Å². The Morgan fingerprint density at radius 3 is 2.70 bits per heavy atom. The van der Waals surface area contributed by atoms with Crippen molar-refractivity contribution >= 4 is 9.84 Å². The Kier molecular flexibility index (Phi) is 5.49. The largest absolute Gasteiger partial charge is 0.383 e. The summed E-state index contributed by atoms with van der Waals surface area (Å²) in [6.45, 7) is 2.66. The molecular formula is C15H29NO3S. The Bertz CT molecular complexity index is 409. The van der Waals surface area contributed by atoms with Crippen LogP contribution in [0.3, 0.4) is 0 Å². The van der Waals surface area contributed by atoms with Crippen molar-refractivity contribution in [3.63, 3.8) is 0 Å². The van der Waals surface area contributed by atoms with Crippen LogP contribution in [0.15, 0.2) is 0 Å². The zero-order valence-electron chi connectivity index (χ0n) is 12.9. The summed E-state index contributed by atoms with van der Waals surface area (Å²) in [5.41, 5.74) is 0.349. The molecule has 2 fully saturated rings. The molecule has 3 unspecified atom stereocenters. The van der Waals surface area contributed by atoms with Gasteiger partial charge >= 0.3 is 0 Å². The molecule has 0 amide bonds. The quantitative estimate of drug-likeness (QED) is 0.661. The lowest BCUT2D eigenvalue weighted by Gasteiger charge is -2.38. The molecule has 118 valence electrons. The molecule has 0 aromatic heterocycles. The maximum Gasteiger partial charge on any atom is 0.147 e. The van der Waals surface area contributed by atoms with Gasteiger partial charge in [0.25, 0.3) is 0 Å². The van der Waals surface area contributed by atoms with Crippen molar-refractivity contribution in [2.45, 2.75) is 38.5 Å². The van der Waals surface area contributed by atoms with E-state index < -0.39 is 9.84 Å². The summed E-state index contributed by atoms with van der Waals surface area (Å²) in [5.74, 6) is 2.04. The Morgan fingerprint density at radius 2 is 2.15 bits per heavy atom. The fourth-order valence-corrected chi connectivity index (χ4v) is 5.04. The third-order valence-electron chi connectivity index (χ3n) is 5.25. The molecular weight excluding hydrogens is 274 g/mol. The first kappa shape index (κ1) is 16.2. The van der Waals surface area contributed by atoms with Crippen molar-refractivity contribution in [3.8, 4) is 0 Å². The first-order chi connectivity index (χ1) is 9.45. The summed E-state index contributed by atoms with van der Waals surface area (Å²) in [7, 11) is -1.10. The highest BCUT2D eigenvalue weighted by Crippen LogP contribution is 2.57. The van der Waals surface area contributed by atoms with Crippen LogP contribution in [-0.4, -0.2) is 47.2 Å². The predicted octanol–water partition coefficient (Wildman–Crippen LogP) is 1.85. The number of hydrogen-bond acceptors (Lipinski definition) is 4. The van der Waals surface area contributed by atoms with Crippen LogP contribution in [0.25, 0.3) is 0 Å². The van der Waals surface area contributed by atoms with Gasteiger partial charge in [-0.3, -0.25) is 0 Å². The van der Waals surface area contributed by atoms with Crippen molar-refractivity contribution in [1.29, 1.82) is 0 Å². The SMILES string of the molecule is COCCNCC1(CCCS(C)(=O)=O)CC2CCC1C2. The van der Waals surface area contributed by atoms with E-state index in [0.717, 1.165) is 44.4 Å². The highest BCUT2D eigenvalue weighted by Gasteiger charge is 2.49. The summed E-state index contributed by atoms with van der Waals surface area (Å²) in [6, 6.07) is 0. The number of methoxy groups -OCH3 is 1. The molecule has 2 aliphatic rings. The average Bonchev–Trinajstić information content (AvgIpc) is 2.94. The fourth-order valence-electron chi connectivity index (χ4n) is 4.37. The van der Waals surface area contributed by atoms with Gasteiger partial charge in [-0.25, -0.2) is 8.42 Å². The number of nitrogens with one attached hydrogen (secondary N) is 1. The molecule has 2 aliphatic carbocycles. The Labute approximate surface area is 123 Å². The molecule has 0 saturated heterocycles. The lowest BCUT2D eigenvalue weighted by molar-refractivity contribution is 0.133. The first-order valence-electron chi connectivity index (χ1n) is 7.82. The molecule has 0 heterocycles. The molecule has 0 aromatic carbocycles. The molecule has 0 aromatic rings. The Morgan fingerprint density at radius 1 is 1.35 bits per heavy atom.